The predicted octanol–water partition coefficient (Wildman–Crippen LogP) is 4.98. The van der Waals surface area contributed by atoms with Gasteiger partial charge in [0.25, 0.3) is 5.91 Å². The largest absolute Gasteiger partial charge is 0.451 e. The molecule has 4 rings (SSSR count). The highest BCUT2D eigenvalue weighted by atomic mass is 16.5. The Morgan fingerprint density at radius 3 is 2.39 bits per heavy atom. The van der Waals surface area contributed by atoms with Crippen molar-refractivity contribution in [3.05, 3.63) is 70.5 Å². The normalized spacial score (nSPS) is 16.0. The van der Waals surface area contributed by atoms with Gasteiger partial charge in [-0.05, 0) is 42.5 Å². The van der Waals surface area contributed by atoms with Crippen LogP contribution in [0.5, 0.6) is 0 Å². The van der Waals surface area contributed by atoms with Crippen molar-refractivity contribution >= 4 is 16.9 Å². The number of hydrogen-bond donors (Lipinski definition) is 1. The molecule has 164 valence electrons. The first-order valence-corrected chi connectivity index (χ1v) is 11.1. The predicted molar refractivity (Wildman–Crippen MR) is 124 cm³/mol. The summed E-state index contributed by atoms with van der Waals surface area (Å²) in [5, 5.41) is 4.12. The first kappa shape index (κ1) is 21.6. The minimum atomic E-state index is -0.164. The smallest absolute Gasteiger partial charge is 0.287 e. The lowest BCUT2D eigenvalue weighted by Gasteiger charge is -2.35. The molecule has 1 amide bonds. The number of nitrogens with one attached hydrogen (secondary N) is 1. The summed E-state index contributed by atoms with van der Waals surface area (Å²) in [5.74, 6) is 0.732. The summed E-state index contributed by atoms with van der Waals surface area (Å²) in [6.45, 7) is 12.0. The lowest BCUT2D eigenvalue weighted by Crippen LogP contribution is -2.43. The van der Waals surface area contributed by atoms with Gasteiger partial charge in [-0.2, -0.15) is 0 Å². The van der Waals surface area contributed by atoms with E-state index in [1.807, 2.05) is 32.0 Å². The molecule has 1 N–H and O–H groups in total. The van der Waals surface area contributed by atoms with E-state index in [2.05, 4.69) is 48.3 Å². The maximum Gasteiger partial charge on any atom is 0.287 e. The molecule has 0 bridgehead atoms. The average Bonchev–Trinajstić information content (AvgIpc) is 3.10. The number of fused-ring (bicyclic) bond motifs is 1. The van der Waals surface area contributed by atoms with Crippen LogP contribution in [-0.4, -0.2) is 43.7 Å². The molecule has 1 saturated heterocycles. The van der Waals surface area contributed by atoms with E-state index in [9.17, 15) is 4.79 Å². The van der Waals surface area contributed by atoms with E-state index in [4.69, 9.17) is 9.15 Å². The van der Waals surface area contributed by atoms with Crippen LogP contribution in [0.2, 0.25) is 0 Å². The fourth-order valence-electron chi connectivity index (χ4n) is 4.27. The molecular formula is C26H32N2O3. The third-order valence-electron chi connectivity index (χ3n) is 6.23. The van der Waals surface area contributed by atoms with Gasteiger partial charge in [0.15, 0.2) is 5.76 Å². The quantitative estimate of drug-likeness (QED) is 0.611. The van der Waals surface area contributed by atoms with E-state index in [0.717, 1.165) is 48.4 Å². The monoisotopic (exact) mass is 420 g/mol. The van der Waals surface area contributed by atoms with Crippen molar-refractivity contribution in [2.75, 3.05) is 32.8 Å². The van der Waals surface area contributed by atoms with Crippen LogP contribution < -0.4 is 5.32 Å². The molecule has 1 aliphatic rings. The Hall–Kier alpha value is -2.63. The summed E-state index contributed by atoms with van der Waals surface area (Å²) in [4.78, 5) is 15.4. The maximum absolute atomic E-state index is 13.0. The van der Waals surface area contributed by atoms with E-state index in [1.165, 1.54) is 11.1 Å². The highest BCUT2D eigenvalue weighted by Gasteiger charge is 2.25. The number of carbonyl (C=O) groups is 1. The molecule has 1 atom stereocenters. The molecule has 1 aliphatic heterocycles. The number of nitrogens with zero attached hydrogens (tertiary/aromatic N) is 1. The number of benzene rings is 2. The van der Waals surface area contributed by atoms with Crippen molar-refractivity contribution in [2.45, 2.75) is 39.7 Å². The van der Waals surface area contributed by atoms with E-state index in [0.29, 0.717) is 18.2 Å². The highest BCUT2D eigenvalue weighted by molar-refractivity contribution is 5.99. The molecule has 5 nitrogen and oxygen atoms in total. The van der Waals surface area contributed by atoms with Gasteiger partial charge in [0, 0.05) is 30.6 Å². The summed E-state index contributed by atoms with van der Waals surface area (Å²) < 4.78 is 11.5. The molecule has 0 unspecified atom stereocenters. The zero-order valence-corrected chi connectivity index (χ0v) is 18.9. The molecule has 2 heterocycles. The minimum absolute atomic E-state index is 0.0981. The number of aryl methyl sites for hydroxylation is 2. The fraction of sp³-hybridized carbons (Fsp3) is 0.423. The number of morpholine rings is 1. The van der Waals surface area contributed by atoms with Crippen molar-refractivity contribution in [3.63, 3.8) is 0 Å². The van der Waals surface area contributed by atoms with E-state index >= 15 is 0 Å². The molecule has 1 fully saturated rings. The SMILES string of the molecule is Cc1ccc2c(C)c(C(=O)NC[C@@H](c3ccc(C(C)C)cc3)N3CCOCC3)oc2c1. The first-order valence-electron chi connectivity index (χ1n) is 11.1. The summed E-state index contributed by atoms with van der Waals surface area (Å²) in [6.07, 6.45) is 0. The summed E-state index contributed by atoms with van der Waals surface area (Å²) in [5.41, 5.74) is 5.30. The van der Waals surface area contributed by atoms with E-state index in [1.54, 1.807) is 0 Å². The van der Waals surface area contributed by atoms with Gasteiger partial charge in [-0.15, -0.1) is 0 Å². The van der Waals surface area contributed by atoms with Crippen LogP contribution in [-0.2, 0) is 4.74 Å². The van der Waals surface area contributed by atoms with Crippen molar-refractivity contribution in [3.8, 4) is 0 Å². The molecule has 0 aliphatic carbocycles. The Morgan fingerprint density at radius 2 is 1.71 bits per heavy atom. The number of rotatable bonds is 6. The van der Waals surface area contributed by atoms with Crippen LogP contribution in [0.3, 0.4) is 0 Å². The van der Waals surface area contributed by atoms with Crippen LogP contribution >= 0.6 is 0 Å². The van der Waals surface area contributed by atoms with Crippen molar-refractivity contribution in [1.29, 1.82) is 0 Å². The number of hydrogen-bond acceptors (Lipinski definition) is 4. The molecule has 2 aromatic carbocycles. The van der Waals surface area contributed by atoms with Gasteiger partial charge >= 0.3 is 0 Å². The van der Waals surface area contributed by atoms with Crippen molar-refractivity contribution < 1.29 is 13.9 Å². The zero-order chi connectivity index (χ0) is 22.0. The Kier molecular flexibility index (Phi) is 6.44. The summed E-state index contributed by atoms with van der Waals surface area (Å²) in [7, 11) is 0. The number of carbonyl (C=O) groups excluding carboxylic acids is 1. The Balaban J connectivity index is 1.54. The average molecular weight is 421 g/mol. The molecule has 0 spiro atoms. The van der Waals surface area contributed by atoms with Gasteiger partial charge in [-0.25, -0.2) is 0 Å². The fourth-order valence-corrected chi connectivity index (χ4v) is 4.27. The van der Waals surface area contributed by atoms with Crippen LogP contribution in [0.1, 0.15) is 58.6 Å². The van der Waals surface area contributed by atoms with Gasteiger partial charge in [0.2, 0.25) is 0 Å². The molecule has 0 radical (unpaired) electrons. The van der Waals surface area contributed by atoms with Gasteiger partial charge in [0.05, 0.1) is 19.3 Å². The summed E-state index contributed by atoms with van der Waals surface area (Å²) in [6, 6.07) is 14.9. The lowest BCUT2D eigenvalue weighted by molar-refractivity contribution is 0.0161. The Labute approximate surface area is 184 Å². The molecule has 5 heteroatoms. The van der Waals surface area contributed by atoms with Gasteiger partial charge < -0.3 is 14.5 Å². The standard InChI is InChI=1S/C26H32N2O3/c1-17(2)20-6-8-21(9-7-20)23(28-11-13-30-14-12-28)16-27-26(29)25-19(4)22-10-5-18(3)15-24(22)31-25/h5-10,15,17,23H,11-14,16H2,1-4H3,(H,27,29)/t23-/m0/s1. The van der Waals surface area contributed by atoms with Gasteiger partial charge in [-0.1, -0.05) is 50.2 Å². The second-order valence-corrected chi connectivity index (χ2v) is 8.75. The van der Waals surface area contributed by atoms with Crippen molar-refractivity contribution in [2.24, 2.45) is 0 Å². The van der Waals surface area contributed by atoms with E-state index in [-0.39, 0.29) is 11.9 Å². The van der Waals surface area contributed by atoms with Crippen molar-refractivity contribution in [1.82, 2.24) is 10.2 Å². The zero-order valence-electron chi connectivity index (χ0n) is 18.9. The third kappa shape index (κ3) is 4.68. The third-order valence-corrected chi connectivity index (χ3v) is 6.23. The maximum atomic E-state index is 13.0. The topological polar surface area (TPSA) is 54.7 Å². The Bertz CT molecular complexity index is 1050. The first-order chi connectivity index (χ1) is 14.9. The minimum Gasteiger partial charge on any atom is -0.451 e. The number of ether oxygens (including phenoxy) is 1. The van der Waals surface area contributed by atoms with Crippen LogP contribution in [0.4, 0.5) is 0 Å². The number of amides is 1. The second kappa shape index (κ2) is 9.25. The molecule has 0 saturated carbocycles. The number of furan rings is 1. The lowest BCUT2D eigenvalue weighted by atomic mass is 9.98. The van der Waals surface area contributed by atoms with Gasteiger partial charge in [-0.3, -0.25) is 9.69 Å². The van der Waals surface area contributed by atoms with Crippen LogP contribution in [0.25, 0.3) is 11.0 Å². The highest BCUT2D eigenvalue weighted by Crippen LogP contribution is 2.27. The second-order valence-electron chi connectivity index (χ2n) is 8.75. The summed E-state index contributed by atoms with van der Waals surface area (Å²) >= 11 is 0. The Morgan fingerprint density at radius 1 is 1.03 bits per heavy atom. The molecule has 31 heavy (non-hydrogen) atoms. The van der Waals surface area contributed by atoms with Gasteiger partial charge in [0.1, 0.15) is 5.58 Å². The van der Waals surface area contributed by atoms with Crippen LogP contribution in [0.15, 0.2) is 46.9 Å². The molecule has 1 aromatic heterocycles. The van der Waals surface area contributed by atoms with E-state index < -0.39 is 0 Å². The molecule has 3 aromatic rings. The molecular weight excluding hydrogens is 388 g/mol. The van der Waals surface area contributed by atoms with Crippen LogP contribution in [0, 0.1) is 13.8 Å².